The molecule has 3 rings (SSSR count). The van der Waals surface area contributed by atoms with Crippen LogP contribution in [0.3, 0.4) is 0 Å². The third kappa shape index (κ3) is 1.39. The summed E-state index contributed by atoms with van der Waals surface area (Å²) < 4.78 is 0. The molecule has 0 saturated carbocycles. The number of nitrogens with one attached hydrogen (secondary N) is 1. The van der Waals surface area contributed by atoms with E-state index in [-0.39, 0.29) is 16.6 Å². The lowest BCUT2D eigenvalue weighted by molar-refractivity contribution is 0.0882. The quantitative estimate of drug-likeness (QED) is 0.786. The van der Waals surface area contributed by atoms with Gasteiger partial charge in [0.2, 0.25) is 0 Å². The molecule has 0 bridgehead atoms. The van der Waals surface area contributed by atoms with Crippen molar-refractivity contribution in [2.45, 2.75) is 11.4 Å². The molecule has 76 valence electrons. The maximum atomic E-state index is 11.1. The lowest BCUT2D eigenvalue weighted by Crippen LogP contribution is -2.23. The fraction of sp³-hybridized carbons (Fsp3) is 0.200. The highest BCUT2D eigenvalue weighted by molar-refractivity contribution is 8.15. The Hall–Kier alpha value is -1.49. The second kappa shape index (κ2) is 3.27. The van der Waals surface area contributed by atoms with Gasteiger partial charge in [-0.2, -0.15) is 0 Å². The number of hydrogen-bond donors (Lipinski definition) is 1. The standard InChI is InChI=1S/C10H8N2O2S/c13-10-11-9-8(15-10)7(14-12-9)6-4-2-1-3-5-6/h1-5,7-8H,(H,11,12,13). The van der Waals surface area contributed by atoms with Crippen LogP contribution in [0.5, 0.6) is 0 Å². The Morgan fingerprint density at radius 2 is 2.13 bits per heavy atom. The predicted molar refractivity (Wildman–Crippen MR) is 57.6 cm³/mol. The predicted octanol–water partition coefficient (Wildman–Crippen LogP) is 1.90. The Balaban J connectivity index is 1.90. The molecule has 0 aromatic heterocycles. The smallest absolute Gasteiger partial charge is 0.285 e. The molecule has 1 fully saturated rings. The van der Waals surface area contributed by atoms with Crippen LogP contribution in [-0.2, 0) is 4.84 Å². The van der Waals surface area contributed by atoms with E-state index in [1.54, 1.807) is 0 Å². The molecule has 2 atom stereocenters. The number of oxime groups is 1. The van der Waals surface area contributed by atoms with Gasteiger partial charge in [-0.1, -0.05) is 35.5 Å². The Kier molecular flexibility index (Phi) is 1.92. The first-order valence-electron chi connectivity index (χ1n) is 4.61. The van der Waals surface area contributed by atoms with Crippen LogP contribution >= 0.6 is 11.8 Å². The van der Waals surface area contributed by atoms with Crippen LogP contribution < -0.4 is 5.32 Å². The Bertz CT molecular complexity index is 432. The van der Waals surface area contributed by atoms with Crippen molar-refractivity contribution in [1.29, 1.82) is 0 Å². The van der Waals surface area contributed by atoms with Crippen LogP contribution in [-0.4, -0.2) is 16.3 Å². The molecular formula is C10H8N2O2S. The van der Waals surface area contributed by atoms with Gasteiger partial charge in [0.25, 0.3) is 5.24 Å². The Morgan fingerprint density at radius 3 is 2.93 bits per heavy atom. The van der Waals surface area contributed by atoms with Crippen LogP contribution in [0.15, 0.2) is 35.5 Å². The number of rotatable bonds is 1. The van der Waals surface area contributed by atoms with E-state index in [0.29, 0.717) is 5.84 Å². The highest BCUT2D eigenvalue weighted by atomic mass is 32.2. The zero-order chi connectivity index (χ0) is 10.3. The summed E-state index contributed by atoms with van der Waals surface area (Å²) in [5.74, 6) is 0.638. The summed E-state index contributed by atoms with van der Waals surface area (Å²) in [6, 6.07) is 9.81. The summed E-state index contributed by atoms with van der Waals surface area (Å²) in [6.07, 6.45) is -0.148. The molecule has 2 aliphatic heterocycles. The van der Waals surface area contributed by atoms with E-state index in [2.05, 4.69) is 10.5 Å². The average Bonchev–Trinajstić information content (AvgIpc) is 2.77. The van der Waals surface area contributed by atoms with E-state index < -0.39 is 0 Å². The molecule has 15 heavy (non-hydrogen) atoms. The van der Waals surface area contributed by atoms with E-state index in [0.717, 1.165) is 5.56 Å². The van der Waals surface area contributed by atoms with Crippen molar-refractivity contribution in [3.8, 4) is 0 Å². The topological polar surface area (TPSA) is 50.7 Å². The van der Waals surface area contributed by atoms with E-state index in [1.165, 1.54) is 11.8 Å². The highest BCUT2D eigenvalue weighted by Crippen LogP contribution is 2.38. The molecule has 4 nitrogen and oxygen atoms in total. The largest absolute Gasteiger partial charge is 0.384 e. The van der Waals surface area contributed by atoms with Crippen molar-refractivity contribution >= 4 is 22.8 Å². The van der Waals surface area contributed by atoms with E-state index in [4.69, 9.17) is 4.84 Å². The van der Waals surface area contributed by atoms with Gasteiger partial charge >= 0.3 is 0 Å². The van der Waals surface area contributed by atoms with Gasteiger partial charge in [0.05, 0.1) is 0 Å². The average molecular weight is 220 g/mol. The van der Waals surface area contributed by atoms with Gasteiger partial charge in [-0.25, -0.2) is 0 Å². The summed E-state index contributed by atoms with van der Waals surface area (Å²) in [5, 5.41) is 6.47. The van der Waals surface area contributed by atoms with E-state index >= 15 is 0 Å². The number of hydrogen-bond acceptors (Lipinski definition) is 4. The van der Waals surface area contributed by atoms with Crippen molar-refractivity contribution < 1.29 is 9.63 Å². The summed E-state index contributed by atoms with van der Waals surface area (Å²) in [4.78, 5) is 16.5. The minimum Gasteiger partial charge on any atom is -0.384 e. The minimum absolute atomic E-state index is 0.0140. The SMILES string of the molecule is O=C1NC2=NOC(c3ccccc3)C2S1. The zero-order valence-corrected chi connectivity index (χ0v) is 8.53. The summed E-state index contributed by atoms with van der Waals surface area (Å²) in [6.45, 7) is 0. The van der Waals surface area contributed by atoms with E-state index in [1.807, 2.05) is 30.3 Å². The summed E-state index contributed by atoms with van der Waals surface area (Å²) in [7, 11) is 0. The molecule has 2 aliphatic rings. The number of carbonyl (C=O) groups is 1. The molecular weight excluding hydrogens is 212 g/mol. The third-order valence-electron chi connectivity index (χ3n) is 2.40. The molecule has 1 aromatic rings. The first kappa shape index (κ1) is 8.79. The maximum absolute atomic E-state index is 11.1. The van der Waals surface area contributed by atoms with Gasteiger partial charge in [-0.05, 0) is 17.3 Å². The molecule has 1 N–H and O–H groups in total. The molecule has 1 amide bonds. The fourth-order valence-corrected chi connectivity index (χ4v) is 2.64. The maximum Gasteiger partial charge on any atom is 0.285 e. The van der Waals surface area contributed by atoms with E-state index in [9.17, 15) is 4.79 Å². The molecule has 0 spiro atoms. The van der Waals surface area contributed by atoms with Crippen molar-refractivity contribution in [2.24, 2.45) is 5.16 Å². The number of fused-ring (bicyclic) bond motifs is 1. The normalized spacial score (nSPS) is 28.0. The van der Waals surface area contributed by atoms with Crippen LogP contribution in [0.4, 0.5) is 4.79 Å². The second-order valence-corrected chi connectivity index (χ2v) is 4.48. The number of amides is 1. The van der Waals surface area contributed by atoms with Gasteiger partial charge in [-0.15, -0.1) is 0 Å². The molecule has 1 saturated heterocycles. The summed E-state index contributed by atoms with van der Waals surface area (Å²) in [5.41, 5.74) is 1.05. The molecule has 0 aliphatic carbocycles. The Morgan fingerprint density at radius 1 is 1.33 bits per heavy atom. The zero-order valence-electron chi connectivity index (χ0n) is 7.71. The molecule has 2 unspecified atom stereocenters. The number of thioether (sulfide) groups is 1. The number of nitrogens with zero attached hydrogens (tertiary/aromatic N) is 1. The second-order valence-electron chi connectivity index (χ2n) is 3.36. The minimum atomic E-state index is -0.148. The highest BCUT2D eigenvalue weighted by Gasteiger charge is 2.43. The van der Waals surface area contributed by atoms with Crippen molar-refractivity contribution in [3.63, 3.8) is 0 Å². The van der Waals surface area contributed by atoms with Crippen molar-refractivity contribution in [3.05, 3.63) is 35.9 Å². The van der Waals surface area contributed by atoms with Crippen molar-refractivity contribution in [1.82, 2.24) is 5.32 Å². The Labute approximate surface area is 90.7 Å². The van der Waals surface area contributed by atoms with Gasteiger partial charge in [0, 0.05) is 0 Å². The van der Waals surface area contributed by atoms with Gasteiger partial charge < -0.3 is 10.2 Å². The number of benzene rings is 1. The molecule has 0 radical (unpaired) electrons. The van der Waals surface area contributed by atoms with Gasteiger partial charge in [-0.3, -0.25) is 4.79 Å². The lowest BCUT2D eigenvalue weighted by atomic mass is 10.1. The van der Waals surface area contributed by atoms with Crippen LogP contribution in [0.25, 0.3) is 0 Å². The van der Waals surface area contributed by atoms with Gasteiger partial charge in [0.1, 0.15) is 5.25 Å². The monoisotopic (exact) mass is 220 g/mol. The fourth-order valence-electron chi connectivity index (χ4n) is 1.70. The molecule has 1 aromatic carbocycles. The first-order chi connectivity index (χ1) is 7.34. The summed E-state index contributed by atoms with van der Waals surface area (Å²) >= 11 is 1.23. The lowest BCUT2D eigenvalue weighted by Gasteiger charge is -2.12. The first-order valence-corrected chi connectivity index (χ1v) is 5.49. The third-order valence-corrected chi connectivity index (χ3v) is 3.44. The van der Waals surface area contributed by atoms with Crippen LogP contribution in [0.2, 0.25) is 0 Å². The number of carbonyl (C=O) groups excluding carboxylic acids is 1. The van der Waals surface area contributed by atoms with Crippen molar-refractivity contribution in [2.75, 3.05) is 0 Å². The van der Waals surface area contributed by atoms with Crippen LogP contribution in [0, 0.1) is 0 Å². The van der Waals surface area contributed by atoms with Gasteiger partial charge in [0.15, 0.2) is 11.9 Å². The van der Waals surface area contributed by atoms with Crippen LogP contribution in [0.1, 0.15) is 11.7 Å². The molecule has 2 heterocycles. The number of amidine groups is 1. The molecule has 5 heteroatoms.